The predicted molar refractivity (Wildman–Crippen MR) is 134 cm³/mol. The summed E-state index contributed by atoms with van der Waals surface area (Å²) in [7, 11) is 0. The van der Waals surface area contributed by atoms with Crippen molar-refractivity contribution in [3.63, 3.8) is 0 Å². The molecular formula is C25H38N6O7. The average molecular weight is 535 g/mol. The molecular weight excluding hydrogens is 496 g/mol. The number of hydrogen-bond acceptors (Lipinski definition) is 9. The number of alkyl carbamates (subject to hydrolysis) is 2. The number of aromatic nitrogens is 1. The van der Waals surface area contributed by atoms with Crippen molar-refractivity contribution in [2.45, 2.75) is 96.9 Å². The molecule has 13 heteroatoms. The minimum Gasteiger partial charge on any atom is -0.444 e. The number of carbonyl (C=O) groups excluding carboxylic acids is 3. The monoisotopic (exact) mass is 534 g/mol. The summed E-state index contributed by atoms with van der Waals surface area (Å²) in [5.41, 5.74) is -0.922. The first kappa shape index (κ1) is 27.7. The molecule has 4 rings (SSSR count). The van der Waals surface area contributed by atoms with Crippen molar-refractivity contribution < 1.29 is 33.6 Å². The van der Waals surface area contributed by atoms with Crippen molar-refractivity contribution in [3.05, 3.63) is 17.5 Å². The third-order valence-electron chi connectivity index (χ3n) is 6.82. The number of amides is 4. The first-order chi connectivity index (χ1) is 17.6. The van der Waals surface area contributed by atoms with Crippen molar-refractivity contribution >= 4 is 24.2 Å². The number of ether oxygens (including phenoxy) is 2. The maximum Gasteiger partial charge on any atom is 0.414 e. The third kappa shape index (κ3) is 6.20. The van der Waals surface area contributed by atoms with E-state index in [4.69, 9.17) is 14.0 Å². The molecule has 2 bridgehead atoms. The maximum absolute atomic E-state index is 12.6. The Kier molecular flexibility index (Phi) is 7.10. The van der Waals surface area contributed by atoms with Crippen LogP contribution < -0.4 is 10.6 Å². The Hall–Kier alpha value is -3.35. The summed E-state index contributed by atoms with van der Waals surface area (Å²) in [6.07, 6.45) is 1.11. The van der Waals surface area contributed by atoms with E-state index in [1.807, 2.05) is 6.92 Å². The lowest BCUT2D eigenvalue weighted by atomic mass is 9.84. The number of urea groups is 1. The van der Waals surface area contributed by atoms with E-state index in [9.17, 15) is 19.6 Å². The Morgan fingerprint density at radius 2 is 1.76 bits per heavy atom. The zero-order valence-corrected chi connectivity index (χ0v) is 23.0. The van der Waals surface area contributed by atoms with Gasteiger partial charge in [-0.15, -0.1) is 0 Å². The van der Waals surface area contributed by atoms with Crippen LogP contribution in [0.25, 0.3) is 0 Å². The summed E-state index contributed by atoms with van der Waals surface area (Å²) in [5, 5.41) is 20.3. The Morgan fingerprint density at radius 1 is 1.18 bits per heavy atom. The lowest BCUT2D eigenvalue weighted by molar-refractivity contribution is -0.0782. The van der Waals surface area contributed by atoms with Crippen LogP contribution in [0, 0.1) is 5.41 Å². The van der Waals surface area contributed by atoms with E-state index in [0.717, 1.165) is 24.3 Å². The molecule has 2 saturated heterocycles. The van der Waals surface area contributed by atoms with Crippen LogP contribution >= 0.6 is 0 Å². The van der Waals surface area contributed by atoms with Gasteiger partial charge >= 0.3 is 18.2 Å². The van der Waals surface area contributed by atoms with Gasteiger partial charge in [-0.2, -0.15) is 0 Å². The molecule has 1 spiro atoms. The van der Waals surface area contributed by atoms with Crippen molar-refractivity contribution in [2.75, 3.05) is 13.1 Å². The molecule has 13 nitrogen and oxygen atoms in total. The molecule has 1 saturated carbocycles. The first-order valence-corrected chi connectivity index (χ1v) is 12.9. The van der Waals surface area contributed by atoms with Crippen molar-refractivity contribution in [2.24, 2.45) is 10.4 Å². The fourth-order valence-corrected chi connectivity index (χ4v) is 4.84. The van der Waals surface area contributed by atoms with E-state index in [1.165, 1.54) is 0 Å². The van der Waals surface area contributed by atoms with Gasteiger partial charge in [0.1, 0.15) is 22.7 Å². The summed E-state index contributed by atoms with van der Waals surface area (Å²) in [6, 6.07) is 0.956. The number of nitrogens with one attached hydrogen (secondary N) is 2. The SMILES string of the molecule is C[C@@H](CN=C(NC(=O)OC(C)(C)C)NC(=O)OC(C)(C)C)c1cc([C@@H]2CC3(CC3)[C@@H]3CN2C(=O)N3O)no1. The van der Waals surface area contributed by atoms with E-state index in [0.29, 0.717) is 18.0 Å². The normalized spacial score (nSPS) is 22.7. The van der Waals surface area contributed by atoms with Gasteiger partial charge in [-0.1, -0.05) is 12.1 Å². The summed E-state index contributed by atoms with van der Waals surface area (Å²) in [5.74, 6) is 0.138. The lowest BCUT2D eigenvalue weighted by Gasteiger charge is -2.35. The summed E-state index contributed by atoms with van der Waals surface area (Å²) < 4.78 is 16.1. The van der Waals surface area contributed by atoms with Crippen LogP contribution in [0.3, 0.4) is 0 Å². The number of rotatable bonds is 4. The second-order valence-electron chi connectivity index (χ2n) is 12.4. The Bertz CT molecular complexity index is 1080. The minimum absolute atomic E-state index is 0.0628. The van der Waals surface area contributed by atoms with E-state index in [1.54, 1.807) is 52.5 Å². The zero-order chi connectivity index (χ0) is 28.0. The number of hydrogen-bond donors (Lipinski definition) is 3. The number of aliphatic imine (C=N–C) groups is 1. The number of guanidine groups is 1. The highest BCUT2D eigenvalue weighted by Crippen LogP contribution is 2.61. The number of carbonyl (C=O) groups is 3. The van der Waals surface area contributed by atoms with Gasteiger partial charge < -0.3 is 18.9 Å². The molecule has 4 amide bonds. The minimum atomic E-state index is -0.778. The molecule has 0 radical (unpaired) electrons. The van der Waals surface area contributed by atoms with Crippen LogP contribution in [-0.2, 0) is 9.47 Å². The summed E-state index contributed by atoms with van der Waals surface area (Å²) >= 11 is 0. The molecule has 3 aliphatic rings. The lowest BCUT2D eigenvalue weighted by Crippen LogP contribution is -2.47. The van der Waals surface area contributed by atoms with E-state index < -0.39 is 29.4 Å². The van der Waals surface area contributed by atoms with E-state index in [2.05, 4.69) is 20.8 Å². The van der Waals surface area contributed by atoms with Crippen LogP contribution in [0.1, 0.15) is 91.1 Å². The van der Waals surface area contributed by atoms with E-state index in [-0.39, 0.29) is 35.9 Å². The molecule has 3 atom stereocenters. The van der Waals surface area contributed by atoms with Gasteiger partial charge in [0.25, 0.3) is 0 Å². The molecule has 3 heterocycles. The van der Waals surface area contributed by atoms with Gasteiger partial charge in [-0.25, -0.2) is 19.4 Å². The van der Waals surface area contributed by atoms with Gasteiger partial charge in [-0.3, -0.25) is 20.8 Å². The summed E-state index contributed by atoms with van der Waals surface area (Å²) in [6.45, 7) is 12.8. The highest BCUT2D eigenvalue weighted by molar-refractivity contribution is 6.01. The Morgan fingerprint density at radius 3 is 2.29 bits per heavy atom. The third-order valence-corrected chi connectivity index (χ3v) is 6.82. The Labute approximate surface area is 221 Å². The molecule has 3 N–H and O–H groups in total. The molecule has 1 aromatic rings. The van der Waals surface area contributed by atoms with Crippen LogP contribution in [0.15, 0.2) is 15.6 Å². The van der Waals surface area contributed by atoms with Gasteiger partial charge in [0, 0.05) is 18.5 Å². The molecule has 0 unspecified atom stereocenters. The second-order valence-corrected chi connectivity index (χ2v) is 12.4. The van der Waals surface area contributed by atoms with Crippen molar-refractivity contribution in [1.29, 1.82) is 0 Å². The first-order valence-electron chi connectivity index (χ1n) is 12.9. The smallest absolute Gasteiger partial charge is 0.414 e. The fourth-order valence-electron chi connectivity index (χ4n) is 4.84. The van der Waals surface area contributed by atoms with Crippen molar-refractivity contribution in [3.8, 4) is 0 Å². The Balaban J connectivity index is 1.45. The van der Waals surface area contributed by atoms with Crippen LogP contribution in [0.4, 0.5) is 14.4 Å². The molecule has 210 valence electrons. The topological polar surface area (TPSA) is 159 Å². The highest BCUT2D eigenvalue weighted by Gasteiger charge is 2.63. The number of piperidine rings is 1. The fraction of sp³-hybridized carbons (Fsp3) is 0.720. The summed E-state index contributed by atoms with van der Waals surface area (Å²) in [4.78, 5) is 43.2. The van der Waals surface area contributed by atoms with Crippen LogP contribution in [0.5, 0.6) is 0 Å². The van der Waals surface area contributed by atoms with Gasteiger partial charge in [0.15, 0.2) is 0 Å². The van der Waals surface area contributed by atoms with Crippen LogP contribution in [-0.4, -0.2) is 74.8 Å². The number of nitrogens with zero attached hydrogens (tertiary/aromatic N) is 4. The molecule has 1 aromatic heterocycles. The second kappa shape index (κ2) is 9.75. The van der Waals surface area contributed by atoms with Gasteiger partial charge in [0.05, 0.1) is 18.6 Å². The molecule has 2 aliphatic heterocycles. The van der Waals surface area contributed by atoms with Gasteiger partial charge in [-0.05, 0) is 66.2 Å². The molecule has 3 fully saturated rings. The largest absolute Gasteiger partial charge is 0.444 e. The predicted octanol–water partition coefficient (Wildman–Crippen LogP) is 3.90. The van der Waals surface area contributed by atoms with E-state index >= 15 is 0 Å². The average Bonchev–Trinajstić information content (AvgIpc) is 3.25. The molecule has 1 aliphatic carbocycles. The van der Waals surface area contributed by atoms with Crippen LogP contribution in [0.2, 0.25) is 0 Å². The van der Waals surface area contributed by atoms with Gasteiger partial charge in [0.2, 0.25) is 5.96 Å². The quantitative estimate of drug-likeness (QED) is 0.298. The standard InChI is InChI=1S/C25H38N6O7/c1-14(12-26-19(27-20(32)36-23(2,3)4)28-21(33)37-24(5,6)7)17-10-15(29-38-17)16-11-25(8-9-25)18-13-30(16)22(34)31(18)35/h10,14,16,18,35H,8-9,11-13H2,1-7H3,(H2,26,27,28,32,33)/t14-,16-,18-/m0/s1. The van der Waals surface area contributed by atoms with Crippen molar-refractivity contribution in [1.82, 2.24) is 25.8 Å². The highest BCUT2D eigenvalue weighted by atomic mass is 16.6. The number of hydroxylamine groups is 2. The number of fused-ring (bicyclic) bond motifs is 3. The molecule has 0 aromatic carbocycles. The molecule has 38 heavy (non-hydrogen) atoms. The maximum atomic E-state index is 12.6. The zero-order valence-electron chi connectivity index (χ0n) is 23.0.